The number of amides is 1. The minimum atomic E-state index is -0.0176. The summed E-state index contributed by atoms with van der Waals surface area (Å²) in [6, 6.07) is 0.507. The second kappa shape index (κ2) is 6.02. The van der Waals surface area contributed by atoms with Crippen LogP contribution < -0.4 is 10.6 Å². The Bertz CT molecular complexity index is 360. The molecule has 114 valence electrons. The van der Waals surface area contributed by atoms with Crippen LogP contribution in [0.25, 0.3) is 0 Å². The second-order valence-corrected chi connectivity index (χ2v) is 6.94. The van der Waals surface area contributed by atoms with Crippen LogP contribution in [0.15, 0.2) is 0 Å². The van der Waals surface area contributed by atoms with Crippen LogP contribution in [0.3, 0.4) is 0 Å². The van der Waals surface area contributed by atoms with Crippen molar-refractivity contribution in [2.75, 3.05) is 19.8 Å². The van der Waals surface area contributed by atoms with Crippen molar-refractivity contribution < 1.29 is 9.53 Å². The third kappa shape index (κ3) is 2.73. The summed E-state index contributed by atoms with van der Waals surface area (Å²) < 4.78 is 5.48. The van der Waals surface area contributed by atoms with Crippen LogP contribution >= 0.6 is 0 Å². The molecule has 4 nitrogen and oxygen atoms in total. The zero-order valence-electron chi connectivity index (χ0n) is 12.7. The number of hydrogen-bond donors (Lipinski definition) is 2. The molecule has 1 aliphatic heterocycles. The standard InChI is InChI=1S/C16H28N2O2/c1-3-17-15-9-20-8-14(15)16(19)18-10(2)13-7-11-4-5-12(13)6-11/h10-15,17H,3-9H2,1-2H3,(H,18,19). The van der Waals surface area contributed by atoms with Gasteiger partial charge in [0.15, 0.2) is 0 Å². The highest BCUT2D eigenvalue weighted by Gasteiger charge is 2.43. The van der Waals surface area contributed by atoms with Crippen LogP contribution in [0.2, 0.25) is 0 Å². The molecule has 0 radical (unpaired) electrons. The Labute approximate surface area is 122 Å². The zero-order chi connectivity index (χ0) is 14.1. The van der Waals surface area contributed by atoms with E-state index in [9.17, 15) is 4.79 Å². The molecule has 3 rings (SSSR count). The molecule has 6 unspecified atom stereocenters. The minimum absolute atomic E-state index is 0.0176. The van der Waals surface area contributed by atoms with Crippen LogP contribution in [-0.2, 0) is 9.53 Å². The van der Waals surface area contributed by atoms with Gasteiger partial charge in [-0.1, -0.05) is 13.3 Å². The Kier molecular flexibility index (Phi) is 4.32. The molecular formula is C16H28N2O2. The first-order valence-corrected chi connectivity index (χ1v) is 8.30. The van der Waals surface area contributed by atoms with E-state index in [0.717, 1.165) is 18.4 Å². The molecule has 0 aromatic carbocycles. The molecule has 0 aromatic heterocycles. The summed E-state index contributed by atoms with van der Waals surface area (Å²) >= 11 is 0. The number of nitrogens with one attached hydrogen (secondary N) is 2. The van der Waals surface area contributed by atoms with Crippen molar-refractivity contribution >= 4 is 5.91 Å². The average Bonchev–Trinajstić information content (AvgIpc) is 3.14. The molecule has 2 aliphatic carbocycles. The van der Waals surface area contributed by atoms with E-state index in [-0.39, 0.29) is 17.9 Å². The molecule has 3 aliphatic rings. The lowest BCUT2D eigenvalue weighted by Crippen LogP contribution is -2.48. The van der Waals surface area contributed by atoms with Gasteiger partial charge in [0.2, 0.25) is 5.91 Å². The van der Waals surface area contributed by atoms with Gasteiger partial charge in [-0.15, -0.1) is 0 Å². The second-order valence-electron chi connectivity index (χ2n) is 6.94. The monoisotopic (exact) mass is 280 g/mol. The molecule has 1 amide bonds. The maximum Gasteiger partial charge on any atom is 0.227 e. The Morgan fingerprint density at radius 1 is 1.30 bits per heavy atom. The van der Waals surface area contributed by atoms with Crippen LogP contribution in [-0.4, -0.2) is 37.7 Å². The quantitative estimate of drug-likeness (QED) is 0.803. The third-order valence-corrected chi connectivity index (χ3v) is 5.69. The summed E-state index contributed by atoms with van der Waals surface area (Å²) in [5.74, 6) is 2.67. The summed E-state index contributed by atoms with van der Waals surface area (Å²) in [5, 5.41) is 6.64. The fourth-order valence-corrected chi connectivity index (χ4v) is 4.62. The maximum absolute atomic E-state index is 12.5. The minimum Gasteiger partial charge on any atom is -0.379 e. The lowest BCUT2D eigenvalue weighted by Gasteiger charge is -2.30. The molecular weight excluding hydrogens is 252 g/mol. The smallest absolute Gasteiger partial charge is 0.227 e. The lowest BCUT2D eigenvalue weighted by atomic mass is 9.83. The van der Waals surface area contributed by atoms with Gasteiger partial charge in [0.1, 0.15) is 0 Å². The van der Waals surface area contributed by atoms with Gasteiger partial charge in [0.25, 0.3) is 0 Å². The fourth-order valence-electron chi connectivity index (χ4n) is 4.62. The van der Waals surface area contributed by atoms with Gasteiger partial charge in [-0.3, -0.25) is 4.79 Å². The van der Waals surface area contributed by atoms with Gasteiger partial charge in [0.05, 0.1) is 19.1 Å². The normalized spacial score (nSPS) is 41.0. The number of ether oxygens (including phenoxy) is 1. The Morgan fingerprint density at radius 3 is 2.80 bits per heavy atom. The van der Waals surface area contributed by atoms with E-state index >= 15 is 0 Å². The van der Waals surface area contributed by atoms with Gasteiger partial charge in [-0.2, -0.15) is 0 Å². The van der Waals surface area contributed by atoms with Crippen molar-refractivity contribution in [2.45, 2.75) is 51.6 Å². The Balaban J connectivity index is 1.53. The number of carbonyl (C=O) groups is 1. The van der Waals surface area contributed by atoms with Gasteiger partial charge < -0.3 is 15.4 Å². The molecule has 2 bridgehead atoms. The van der Waals surface area contributed by atoms with E-state index in [1.807, 2.05) is 0 Å². The van der Waals surface area contributed by atoms with E-state index in [1.165, 1.54) is 25.7 Å². The molecule has 20 heavy (non-hydrogen) atoms. The molecule has 3 fully saturated rings. The first kappa shape index (κ1) is 14.3. The van der Waals surface area contributed by atoms with Gasteiger partial charge in [-0.05, 0) is 50.5 Å². The first-order chi connectivity index (χ1) is 9.69. The molecule has 1 heterocycles. The van der Waals surface area contributed by atoms with Gasteiger partial charge >= 0.3 is 0 Å². The van der Waals surface area contributed by atoms with Crippen molar-refractivity contribution in [3.8, 4) is 0 Å². The third-order valence-electron chi connectivity index (χ3n) is 5.69. The highest BCUT2D eigenvalue weighted by atomic mass is 16.5. The molecule has 6 atom stereocenters. The van der Waals surface area contributed by atoms with Crippen molar-refractivity contribution in [3.63, 3.8) is 0 Å². The topological polar surface area (TPSA) is 50.4 Å². The highest BCUT2D eigenvalue weighted by molar-refractivity contribution is 5.80. The van der Waals surface area contributed by atoms with Crippen LogP contribution in [0.4, 0.5) is 0 Å². The summed E-state index contributed by atoms with van der Waals surface area (Å²) in [6.45, 7) is 6.38. The van der Waals surface area contributed by atoms with Crippen LogP contribution in [0, 0.1) is 23.7 Å². The molecule has 0 aromatic rings. The zero-order valence-corrected chi connectivity index (χ0v) is 12.7. The summed E-state index contributed by atoms with van der Waals surface area (Å²) in [7, 11) is 0. The number of hydrogen-bond acceptors (Lipinski definition) is 3. The van der Waals surface area contributed by atoms with E-state index in [4.69, 9.17) is 4.74 Å². The number of likely N-dealkylation sites (N-methyl/N-ethyl adjacent to an activating group) is 1. The Morgan fingerprint density at radius 2 is 2.15 bits per heavy atom. The molecule has 1 saturated heterocycles. The van der Waals surface area contributed by atoms with Gasteiger partial charge in [0, 0.05) is 12.1 Å². The largest absolute Gasteiger partial charge is 0.379 e. The molecule has 2 N–H and O–H groups in total. The van der Waals surface area contributed by atoms with Gasteiger partial charge in [-0.25, -0.2) is 0 Å². The summed E-state index contributed by atoms with van der Waals surface area (Å²) in [5.41, 5.74) is 0. The van der Waals surface area contributed by atoms with E-state index in [2.05, 4.69) is 24.5 Å². The van der Waals surface area contributed by atoms with E-state index < -0.39 is 0 Å². The lowest BCUT2D eigenvalue weighted by molar-refractivity contribution is -0.126. The Hall–Kier alpha value is -0.610. The number of carbonyl (C=O) groups excluding carboxylic acids is 1. The van der Waals surface area contributed by atoms with Crippen molar-refractivity contribution in [1.29, 1.82) is 0 Å². The van der Waals surface area contributed by atoms with Crippen LogP contribution in [0.1, 0.15) is 39.5 Å². The van der Waals surface area contributed by atoms with Crippen molar-refractivity contribution in [2.24, 2.45) is 23.7 Å². The SMILES string of the molecule is CCNC1COCC1C(=O)NC(C)C1CC2CCC1C2. The van der Waals surface area contributed by atoms with E-state index in [1.54, 1.807) is 0 Å². The molecule has 4 heteroatoms. The average molecular weight is 280 g/mol. The van der Waals surface area contributed by atoms with E-state index in [0.29, 0.717) is 25.2 Å². The fraction of sp³-hybridized carbons (Fsp3) is 0.938. The molecule has 2 saturated carbocycles. The summed E-state index contributed by atoms with van der Waals surface area (Å²) in [4.78, 5) is 12.5. The maximum atomic E-state index is 12.5. The summed E-state index contributed by atoms with van der Waals surface area (Å²) in [6.07, 6.45) is 5.52. The molecule has 0 spiro atoms. The highest BCUT2D eigenvalue weighted by Crippen LogP contribution is 2.49. The van der Waals surface area contributed by atoms with Crippen molar-refractivity contribution in [3.05, 3.63) is 0 Å². The number of rotatable bonds is 5. The van der Waals surface area contributed by atoms with Crippen molar-refractivity contribution in [1.82, 2.24) is 10.6 Å². The van der Waals surface area contributed by atoms with Crippen LogP contribution in [0.5, 0.6) is 0 Å². The predicted molar refractivity (Wildman–Crippen MR) is 78.3 cm³/mol. The predicted octanol–water partition coefficient (Wildman–Crippen LogP) is 1.55. The number of fused-ring (bicyclic) bond motifs is 2. The first-order valence-electron chi connectivity index (χ1n) is 8.30.